The molecule has 0 saturated carbocycles. The van der Waals surface area contributed by atoms with Crippen LogP contribution in [0.5, 0.6) is 0 Å². The Kier molecular flexibility index (Phi) is 29.7. The van der Waals surface area contributed by atoms with Crippen LogP contribution in [-0.4, -0.2) is 87.6 Å². The van der Waals surface area contributed by atoms with E-state index in [1.54, 1.807) is 44.1 Å². The largest absolute Gasteiger partial charge is 0.638 e. The van der Waals surface area contributed by atoms with Crippen molar-refractivity contribution in [3.05, 3.63) is 152 Å². The molecule has 0 aliphatic rings. The van der Waals surface area contributed by atoms with Crippen molar-refractivity contribution in [3.63, 3.8) is 0 Å². The third-order valence-corrected chi connectivity index (χ3v) is 9.58. The number of rotatable bonds is 9. The first-order valence-electron chi connectivity index (χ1n) is 16.9. The van der Waals surface area contributed by atoms with E-state index >= 15 is 0 Å². The monoisotopic (exact) mass is 1080 g/mol. The van der Waals surface area contributed by atoms with Crippen molar-refractivity contribution in [2.75, 3.05) is 26.7 Å². The minimum atomic E-state index is -1.82. The number of carboxylic acid groups (broad SMARTS) is 2. The molecule has 6 rings (SSSR count). The van der Waals surface area contributed by atoms with Crippen LogP contribution in [0.2, 0.25) is 0 Å². The molecule has 0 unspecified atom stereocenters. The van der Waals surface area contributed by atoms with Crippen molar-refractivity contribution in [2.24, 2.45) is 5.73 Å². The number of hydrogen-bond acceptors (Lipinski definition) is 10. The van der Waals surface area contributed by atoms with E-state index in [0.29, 0.717) is 11.9 Å². The summed E-state index contributed by atoms with van der Waals surface area (Å²) < 4.78 is 16.6. The number of nitrogens with two attached hydrogens (primary N) is 1. The Morgan fingerprint density at radius 3 is 1.38 bits per heavy atom. The molecule has 6 aromatic rings. The number of nitrogens with one attached hydrogen (secondary N) is 2. The molecule has 0 radical (unpaired) electrons. The molecule has 60 heavy (non-hydrogen) atoms. The van der Waals surface area contributed by atoms with Gasteiger partial charge >= 0.3 is 19.3 Å². The van der Waals surface area contributed by atoms with Gasteiger partial charge in [-0.15, -0.1) is 0 Å². The summed E-state index contributed by atoms with van der Waals surface area (Å²) in [4.78, 5) is 54.2. The summed E-state index contributed by atoms with van der Waals surface area (Å²) in [5.41, 5.74) is 12.5. The summed E-state index contributed by atoms with van der Waals surface area (Å²) in [6.07, 6.45) is 6.95. The van der Waals surface area contributed by atoms with Gasteiger partial charge in [0.1, 0.15) is 0 Å². The fourth-order valence-electron chi connectivity index (χ4n) is 4.24. The Balaban J connectivity index is 0.000000707. The Bertz CT molecular complexity index is 2120. The van der Waals surface area contributed by atoms with Crippen LogP contribution in [0.15, 0.2) is 136 Å². The number of hydrogen-bond donors (Lipinski definition) is 5. The van der Waals surface area contributed by atoms with Crippen molar-refractivity contribution in [3.8, 4) is 22.5 Å². The van der Waals surface area contributed by atoms with Crippen LogP contribution < -0.4 is 5.73 Å². The Hall–Kier alpha value is -4.60. The van der Waals surface area contributed by atoms with E-state index in [2.05, 4.69) is 97.6 Å². The Morgan fingerprint density at radius 1 is 0.650 bits per heavy atom. The maximum absolute atomic E-state index is 11.2. The highest BCUT2D eigenvalue weighted by atomic mass is 79.9. The lowest BCUT2D eigenvalue weighted by molar-refractivity contribution is -0.159. The summed E-state index contributed by atoms with van der Waals surface area (Å²) in [5.74, 6) is -3.46. The van der Waals surface area contributed by atoms with Crippen LogP contribution in [0, 0.1) is 0 Å². The van der Waals surface area contributed by atoms with Gasteiger partial charge in [-0.25, -0.2) is 19.6 Å². The van der Waals surface area contributed by atoms with Gasteiger partial charge in [0.05, 0.1) is 41.8 Å². The fourth-order valence-corrected chi connectivity index (χ4v) is 6.11. The number of halogens is 4. The highest BCUT2D eigenvalue weighted by molar-refractivity contribution is 9.11. The number of benzene rings is 4. The second kappa shape index (κ2) is 32.2. The lowest BCUT2D eigenvalue weighted by Gasteiger charge is -2.03. The van der Waals surface area contributed by atoms with Crippen molar-refractivity contribution >= 4 is 94.5 Å². The van der Waals surface area contributed by atoms with Gasteiger partial charge in [0, 0.05) is 63.5 Å². The number of carbonyl (C=O) groups is 4. The maximum atomic E-state index is 11.2. The molecule has 0 bridgehead atoms. The van der Waals surface area contributed by atoms with Gasteiger partial charge in [0.15, 0.2) is 11.6 Å². The summed E-state index contributed by atoms with van der Waals surface area (Å²) in [6, 6.07) is 30.9. The molecule has 0 aliphatic heterocycles. The number of aliphatic carboxylic acids is 2. The average Bonchev–Trinajstić information content (AvgIpc) is 3.99. The van der Waals surface area contributed by atoms with Crippen molar-refractivity contribution < 1.29 is 43.4 Å². The predicted molar refractivity (Wildman–Crippen MR) is 249 cm³/mol. The molecule has 0 saturated heterocycles. The summed E-state index contributed by atoms with van der Waals surface area (Å²) in [6.45, 7) is 2.11. The normalized spacial score (nSPS) is 9.35. The molecular weight excluding hydrogens is 1040 g/mol. The Labute approximate surface area is 383 Å². The van der Waals surface area contributed by atoms with E-state index in [4.69, 9.17) is 25.5 Å². The van der Waals surface area contributed by atoms with Gasteiger partial charge in [0.25, 0.3) is 0 Å². The van der Waals surface area contributed by atoms with E-state index in [0.717, 1.165) is 52.6 Å². The fraction of sp³-hybridized carbons (Fsp3) is 0.171. The van der Waals surface area contributed by atoms with Crippen LogP contribution in [-0.2, 0) is 30.1 Å². The van der Waals surface area contributed by atoms with Crippen molar-refractivity contribution in [2.45, 2.75) is 20.9 Å². The van der Waals surface area contributed by atoms with Crippen LogP contribution in [0.3, 0.4) is 0 Å². The first-order valence-corrected chi connectivity index (χ1v) is 20.4. The standard InChI is InChI=1S/C10H11N3.C9H7BrN2.C8H6Br2O.C8H7BrO.C3H9BO3.C2H2O4.CH4/c11-5-8-3-1-2-4-9(8)10-6-12-7-13-10;10-8-4-2-1-3-7(8)9-5-11-6-12-9;9-5-8(11)6-3-1-2-4-7(6)10;1-6(10)7-4-2-3-5-8(7)9;1-5-4(6-2)7-3;3-1(4)2(5)6;/h1-4,6-7H,5,11H2,(H,12,13);1-6H,(H,11,12);1-4H,5H2;2-5H,1H3;1-3H3;(H,3,4)(H,5,6);1H4. The lowest BCUT2D eigenvalue weighted by Crippen LogP contribution is -2.21. The number of Topliss-reactive ketones (excluding diaryl/α,β-unsaturated/α-hetero) is 2. The molecule has 2 heterocycles. The zero-order chi connectivity index (χ0) is 44.2. The molecule has 6 N–H and O–H groups in total. The number of ketones is 2. The number of aromatic nitrogens is 4. The van der Waals surface area contributed by atoms with Gasteiger partial charge in [0.2, 0.25) is 0 Å². The first-order chi connectivity index (χ1) is 28.2. The number of nitrogens with zero attached hydrogens (tertiary/aromatic N) is 2. The average molecular weight is 1080 g/mol. The maximum Gasteiger partial charge on any atom is 0.638 e. The van der Waals surface area contributed by atoms with Crippen LogP contribution in [0.25, 0.3) is 22.5 Å². The molecule has 0 atom stereocenters. The van der Waals surface area contributed by atoms with E-state index in [1.165, 1.54) is 21.3 Å². The molecule has 19 heteroatoms. The molecule has 0 amide bonds. The third-order valence-electron chi connectivity index (χ3n) is 7.00. The molecule has 320 valence electrons. The van der Waals surface area contributed by atoms with Crippen molar-refractivity contribution in [1.82, 2.24) is 19.9 Å². The minimum Gasteiger partial charge on any atom is -0.473 e. The molecule has 0 spiro atoms. The second-order valence-electron chi connectivity index (χ2n) is 11.0. The summed E-state index contributed by atoms with van der Waals surface area (Å²) in [7, 11) is 4.02. The molecule has 0 fully saturated rings. The second-order valence-corrected chi connectivity index (χ2v) is 14.1. The van der Waals surface area contributed by atoms with E-state index < -0.39 is 19.3 Å². The highest BCUT2D eigenvalue weighted by Crippen LogP contribution is 2.25. The molecule has 4 aromatic carbocycles. The number of aromatic amines is 2. The van der Waals surface area contributed by atoms with Gasteiger partial charge in [-0.3, -0.25) is 9.59 Å². The zero-order valence-electron chi connectivity index (χ0n) is 32.3. The molecule has 2 aromatic heterocycles. The third kappa shape index (κ3) is 21.1. The predicted octanol–water partition coefficient (Wildman–Crippen LogP) is 9.76. The topological polar surface area (TPSA) is 220 Å². The van der Waals surface area contributed by atoms with E-state index in [-0.39, 0.29) is 19.0 Å². The summed E-state index contributed by atoms with van der Waals surface area (Å²) >= 11 is 13.2. The van der Waals surface area contributed by atoms with Crippen LogP contribution >= 0.6 is 63.7 Å². The molecular formula is C41H46BBr4N5O9. The van der Waals surface area contributed by atoms with Crippen molar-refractivity contribution in [1.29, 1.82) is 0 Å². The number of alkyl halides is 1. The molecule has 14 nitrogen and oxygen atoms in total. The van der Waals surface area contributed by atoms with Gasteiger partial charge in [-0.2, -0.15) is 0 Å². The zero-order valence-corrected chi connectivity index (χ0v) is 38.6. The van der Waals surface area contributed by atoms with Gasteiger partial charge < -0.3 is 39.9 Å². The van der Waals surface area contributed by atoms with Crippen LogP contribution in [0.4, 0.5) is 0 Å². The number of carboxylic acids is 2. The smallest absolute Gasteiger partial charge is 0.473 e. The number of imidazole rings is 2. The Morgan fingerprint density at radius 2 is 1.05 bits per heavy atom. The van der Waals surface area contributed by atoms with E-state index in [1.807, 2.05) is 84.9 Å². The minimum absolute atomic E-state index is 0. The van der Waals surface area contributed by atoms with Crippen LogP contribution in [0.1, 0.15) is 40.6 Å². The SMILES string of the molecule is Brc1ccccc1-c1cnc[nH]1.C.CC(=O)c1ccccc1Br.COB(OC)OC.NCc1ccccc1-c1cnc[nH]1.O=C(CBr)c1ccccc1Br.O=C(O)C(=O)O. The first kappa shape index (κ1) is 55.4. The lowest BCUT2D eigenvalue weighted by atomic mass is 10.1. The number of carbonyl (C=O) groups excluding carboxylic acids is 2. The highest BCUT2D eigenvalue weighted by Gasteiger charge is 2.12. The van der Waals surface area contributed by atoms with Gasteiger partial charge in [-0.05, 0) is 30.7 Å². The number of H-pyrrole nitrogens is 2. The summed E-state index contributed by atoms with van der Waals surface area (Å²) in [5, 5.41) is 15.2. The quantitative estimate of drug-likeness (QED) is 0.0396. The van der Waals surface area contributed by atoms with E-state index in [9.17, 15) is 9.59 Å². The molecule has 0 aliphatic carbocycles. The van der Waals surface area contributed by atoms with Gasteiger partial charge in [-0.1, -0.05) is 150 Å².